The first-order valence-corrected chi connectivity index (χ1v) is 6.72. The van der Waals surface area contributed by atoms with Crippen molar-refractivity contribution in [1.82, 2.24) is 4.90 Å². The summed E-state index contributed by atoms with van der Waals surface area (Å²) in [6.07, 6.45) is 2.15. The molecule has 3 amide bonds. The highest BCUT2D eigenvalue weighted by Gasteiger charge is 2.38. The number of nitrogens with zero attached hydrogens (tertiary/aromatic N) is 1. The number of carbonyl (C=O) groups excluding carboxylic acids is 2. The largest absolute Gasteiger partial charge is 0.351 e. The minimum Gasteiger partial charge on any atom is -0.351 e. The molecule has 6 heteroatoms. The van der Waals surface area contributed by atoms with Gasteiger partial charge in [0.05, 0.1) is 6.54 Å². The molecule has 1 unspecified atom stereocenters. The van der Waals surface area contributed by atoms with Gasteiger partial charge in [-0.2, -0.15) is 0 Å². The van der Waals surface area contributed by atoms with Crippen molar-refractivity contribution in [3.63, 3.8) is 0 Å². The van der Waals surface area contributed by atoms with Crippen LogP contribution in [-0.2, 0) is 10.5 Å². The van der Waals surface area contributed by atoms with E-state index in [2.05, 4.69) is 11.9 Å². The average Bonchev–Trinajstić information content (AvgIpc) is 2.46. The van der Waals surface area contributed by atoms with Gasteiger partial charge in [-0.05, 0) is 36.6 Å². The first kappa shape index (κ1) is 15.0. The van der Waals surface area contributed by atoms with Gasteiger partial charge >= 0.3 is 6.03 Å². The van der Waals surface area contributed by atoms with E-state index in [9.17, 15) is 9.59 Å². The van der Waals surface area contributed by atoms with Gasteiger partial charge in [0.2, 0.25) is 5.91 Å². The van der Waals surface area contributed by atoms with Crippen molar-refractivity contribution >= 4 is 17.6 Å². The first-order chi connectivity index (χ1) is 9.94. The van der Waals surface area contributed by atoms with Crippen molar-refractivity contribution in [3.8, 4) is 0 Å². The van der Waals surface area contributed by atoms with Crippen LogP contribution in [0.1, 0.15) is 18.4 Å². The molecule has 2 rings (SSSR count). The Morgan fingerprint density at radius 3 is 2.62 bits per heavy atom. The van der Waals surface area contributed by atoms with Gasteiger partial charge < -0.3 is 16.0 Å². The van der Waals surface area contributed by atoms with Gasteiger partial charge in [-0.3, -0.25) is 4.79 Å². The molecular weight excluding hydrogens is 273 g/mol. The van der Waals surface area contributed by atoms with E-state index in [0.29, 0.717) is 30.6 Å². The molecule has 1 atom stereocenters. The number of rotatable bonds is 3. The Kier molecular flexibility index (Phi) is 4.26. The lowest BCUT2D eigenvalue weighted by Crippen LogP contribution is -2.45. The van der Waals surface area contributed by atoms with Crippen molar-refractivity contribution < 1.29 is 14.0 Å². The van der Waals surface area contributed by atoms with E-state index in [1.807, 2.05) is 0 Å². The maximum Gasteiger partial charge on any atom is 0.316 e. The van der Waals surface area contributed by atoms with Crippen molar-refractivity contribution in [2.75, 3.05) is 18.4 Å². The van der Waals surface area contributed by atoms with E-state index >= 15 is 4.39 Å². The fourth-order valence-corrected chi connectivity index (χ4v) is 2.56. The second-order valence-electron chi connectivity index (χ2n) is 5.10. The number of amides is 3. The van der Waals surface area contributed by atoms with E-state index < -0.39 is 11.7 Å². The Labute approximate surface area is 122 Å². The van der Waals surface area contributed by atoms with Crippen molar-refractivity contribution in [1.29, 1.82) is 0 Å². The van der Waals surface area contributed by atoms with Gasteiger partial charge in [0, 0.05) is 12.2 Å². The van der Waals surface area contributed by atoms with E-state index in [-0.39, 0.29) is 12.5 Å². The third-order valence-corrected chi connectivity index (χ3v) is 3.60. The van der Waals surface area contributed by atoms with E-state index in [1.165, 1.54) is 11.0 Å². The van der Waals surface area contributed by atoms with Crippen LogP contribution in [0.5, 0.6) is 0 Å². The van der Waals surface area contributed by atoms with Crippen molar-refractivity contribution in [2.24, 2.45) is 5.73 Å². The Morgan fingerprint density at radius 2 is 2.05 bits per heavy atom. The standard InChI is InChI=1S/C15H18FN3O2/c1-2-13(20)19-9-3-8-15(16,10-19)11-4-6-12(7-5-11)18-14(17)21/h2,4-7H,1,3,8-10H2,(H3,17,18,21). The molecule has 0 radical (unpaired) electrons. The number of nitrogens with one attached hydrogen (secondary N) is 1. The molecule has 1 aliphatic rings. The van der Waals surface area contributed by atoms with Crippen LogP contribution in [0.15, 0.2) is 36.9 Å². The minimum absolute atomic E-state index is 0.0143. The molecule has 1 aromatic carbocycles. The molecule has 0 aliphatic carbocycles. The lowest BCUT2D eigenvalue weighted by atomic mass is 9.87. The SMILES string of the molecule is C=CC(=O)N1CCCC(F)(c2ccc(NC(N)=O)cc2)C1. The lowest BCUT2D eigenvalue weighted by Gasteiger charge is -2.37. The number of alkyl halides is 1. The molecule has 3 N–H and O–H groups in total. The summed E-state index contributed by atoms with van der Waals surface area (Å²) < 4.78 is 15.1. The Morgan fingerprint density at radius 1 is 1.38 bits per heavy atom. The number of likely N-dealkylation sites (tertiary alicyclic amines) is 1. The molecule has 1 aliphatic heterocycles. The number of urea groups is 1. The molecule has 21 heavy (non-hydrogen) atoms. The highest BCUT2D eigenvalue weighted by Crippen LogP contribution is 2.36. The number of hydrogen-bond acceptors (Lipinski definition) is 2. The zero-order valence-corrected chi connectivity index (χ0v) is 11.6. The molecule has 112 valence electrons. The van der Waals surface area contributed by atoms with Crippen LogP contribution < -0.4 is 11.1 Å². The van der Waals surface area contributed by atoms with Crippen LogP contribution >= 0.6 is 0 Å². The number of halogens is 1. The Bertz CT molecular complexity index is 559. The van der Waals surface area contributed by atoms with Crippen molar-refractivity contribution in [3.05, 3.63) is 42.5 Å². The van der Waals surface area contributed by atoms with Gasteiger partial charge in [0.1, 0.15) is 0 Å². The predicted molar refractivity (Wildman–Crippen MR) is 78.4 cm³/mol. The molecule has 1 saturated heterocycles. The summed E-state index contributed by atoms with van der Waals surface area (Å²) in [6.45, 7) is 3.98. The van der Waals surface area contributed by atoms with Crippen LogP contribution in [0, 0.1) is 0 Å². The monoisotopic (exact) mass is 291 g/mol. The van der Waals surface area contributed by atoms with Gasteiger partial charge in [0.25, 0.3) is 0 Å². The molecular formula is C15H18FN3O2. The van der Waals surface area contributed by atoms with Gasteiger partial charge in [0.15, 0.2) is 5.67 Å². The van der Waals surface area contributed by atoms with Crippen LogP contribution in [-0.4, -0.2) is 29.9 Å². The average molecular weight is 291 g/mol. The maximum absolute atomic E-state index is 15.1. The van der Waals surface area contributed by atoms with Crippen LogP contribution in [0.2, 0.25) is 0 Å². The summed E-state index contributed by atoms with van der Waals surface area (Å²) in [4.78, 5) is 23.9. The molecule has 5 nitrogen and oxygen atoms in total. The molecule has 0 bridgehead atoms. The predicted octanol–water partition coefficient (Wildman–Crippen LogP) is 2.15. The molecule has 0 saturated carbocycles. The fourth-order valence-electron chi connectivity index (χ4n) is 2.56. The topological polar surface area (TPSA) is 75.4 Å². The zero-order valence-electron chi connectivity index (χ0n) is 11.6. The molecule has 1 heterocycles. The second kappa shape index (κ2) is 5.95. The summed E-state index contributed by atoms with van der Waals surface area (Å²) in [5.41, 5.74) is 4.43. The summed E-state index contributed by atoms with van der Waals surface area (Å²) in [5.74, 6) is -0.260. The van der Waals surface area contributed by atoms with Crippen LogP contribution in [0.4, 0.5) is 14.9 Å². The van der Waals surface area contributed by atoms with Gasteiger partial charge in [-0.15, -0.1) is 0 Å². The summed E-state index contributed by atoms with van der Waals surface area (Å²) in [7, 11) is 0. The quantitative estimate of drug-likeness (QED) is 0.837. The molecule has 1 aromatic rings. The normalized spacial score (nSPS) is 21.7. The van der Waals surface area contributed by atoms with Crippen molar-refractivity contribution in [2.45, 2.75) is 18.5 Å². The van der Waals surface area contributed by atoms with E-state index in [1.54, 1.807) is 24.3 Å². The second-order valence-corrected chi connectivity index (χ2v) is 5.10. The summed E-state index contributed by atoms with van der Waals surface area (Å²) in [5, 5.41) is 2.42. The summed E-state index contributed by atoms with van der Waals surface area (Å²) >= 11 is 0. The minimum atomic E-state index is -1.58. The zero-order chi connectivity index (χ0) is 15.5. The molecule has 1 fully saturated rings. The first-order valence-electron chi connectivity index (χ1n) is 6.72. The van der Waals surface area contributed by atoms with Gasteiger partial charge in [-0.25, -0.2) is 9.18 Å². The van der Waals surface area contributed by atoms with Gasteiger partial charge in [-0.1, -0.05) is 18.7 Å². The molecule has 0 spiro atoms. The maximum atomic E-state index is 15.1. The van der Waals surface area contributed by atoms with E-state index in [4.69, 9.17) is 5.73 Å². The molecule has 0 aromatic heterocycles. The van der Waals surface area contributed by atoms with Crippen LogP contribution in [0.25, 0.3) is 0 Å². The fraction of sp³-hybridized carbons (Fsp3) is 0.333. The number of hydrogen-bond donors (Lipinski definition) is 2. The number of primary amides is 1. The Hall–Kier alpha value is -2.37. The number of anilines is 1. The Balaban J connectivity index is 2.17. The van der Waals surface area contributed by atoms with E-state index in [0.717, 1.165) is 0 Å². The van der Waals surface area contributed by atoms with Crippen LogP contribution in [0.3, 0.4) is 0 Å². The highest BCUT2D eigenvalue weighted by molar-refractivity contribution is 5.88. The lowest BCUT2D eigenvalue weighted by molar-refractivity contribution is -0.130. The number of nitrogens with two attached hydrogens (primary N) is 1. The number of carbonyl (C=O) groups is 2. The highest BCUT2D eigenvalue weighted by atomic mass is 19.1. The third kappa shape index (κ3) is 3.39. The number of benzene rings is 1. The number of piperidine rings is 1. The smallest absolute Gasteiger partial charge is 0.316 e. The third-order valence-electron chi connectivity index (χ3n) is 3.60. The summed E-state index contributed by atoms with van der Waals surface area (Å²) in [6, 6.07) is 5.73.